The number of nitrogens with one attached hydrogen (secondary N) is 1. The molecule has 0 amide bonds. The molecule has 0 aromatic rings. The highest BCUT2D eigenvalue weighted by atomic mass is 32.2. The highest BCUT2D eigenvalue weighted by Gasteiger charge is 2.38. The van der Waals surface area contributed by atoms with E-state index in [1.54, 1.807) is 0 Å². The Balaban J connectivity index is 2.06. The van der Waals surface area contributed by atoms with E-state index in [0.717, 1.165) is 44.9 Å². The van der Waals surface area contributed by atoms with Crippen LogP contribution in [0.5, 0.6) is 0 Å². The van der Waals surface area contributed by atoms with Crippen LogP contribution < -0.4 is 4.72 Å². The van der Waals surface area contributed by atoms with Gasteiger partial charge in [0.25, 0.3) is 10.2 Å². The van der Waals surface area contributed by atoms with E-state index in [0.29, 0.717) is 13.1 Å². The molecule has 1 heterocycles. The molecular formula is C11H22N2O3S. The molecule has 0 bridgehead atoms. The van der Waals surface area contributed by atoms with Crippen molar-refractivity contribution in [3.63, 3.8) is 0 Å². The molecule has 0 atom stereocenters. The SMILES string of the molecule is O=S(=O)(NC1(CO)CCCCC1)N1CCCC1. The van der Waals surface area contributed by atoms with E-state index < -0.39 is 15.7 Å². The lowest BCUT2D eigenvalue weighted by molar-refractivity contribution is 0.140. The first-order valence-electron chi connectivity index (χ1n) is 6.48. The molecule has 0 aromatic heterocycles. The summed E-state index contributed by atoms with van der Waals surface area (Å²) in [5, 5.41) is 9.50. The standard InChI is InChI=1S/C11H22N2O3S/c14-10-11(6-2-1-3-7-11)12-17(15,16)13-8-4-5-9-13/h12,14H,1-10H2. The fourth-order valence-corrected chi connectivity index (χ4v) is 4.47. The predicted molar refractivity (Wildman–Crippen MR) is 65.8 cm³/mol. The summed E-state index contributed by atoms with van der Waals surface area (Å²) in [6.07, 6.45) is 6.48. The van der Waals surface area contributed by atoms with Crippen LogP contribution in [0.1, 0.15) is 44.9 Å². The topological polar surface area (TPSA) is 69.6 Å². The van der Waals surface area contributed by atoms with Gasteiger partial charge >= 0.3 is 0 Å². The third-order valence-corrected chi connectivity index (χ3v) is 5.60. The molecule has 17 heavy (non-hydrogen) atoms. The Morgan fingerprint density at radius 1 is 1.06 bits per heavy atom. The molecule has 6 heteroatoms. The zero-order chi connectivity index (χ0) is 12.4. The van der Waals surface area contributed by atoms with Crippen LogP contribution >= 0.6 is 0 Å². The Hall–Kier alpha value is -0.170. The second-order valence-corrected chi connectivity index (χ2v) is 6.88. The van der Waals surface area contributed by atoms with Crippen LogP contribution in [0, 0.1) is 0 Å². The Morgan fingerprint density at radius 2 is 1.65 bits per heavy atom. The zero-order valence-corrected chi connectivity index (χ0v) is 11.0. The summed E-state index contributed by atoms with van der Waals surface area (Å²) in [6.45, 7) is 1.12. The van der Waals surface area contributed by atoms with Crippen molar-refractivity contribution in [3.05, 3.63) is 0 Å². The van der Waals surface area contributed by atoms with Crippen molar-refractivity contribution in [2.24, 2.45) is 0 Å². The number of aliphatic hydroxyl groups excluding tert-OH is 1. The summed E-state index contributed by atoms with van der Waals surface area (Å²) in [6, 6.07) is 0. The van der Waals surface area contributed by atoms with Crippen molar-refractivity contribution in [1.29, 1.82) is 0 Å². The van der Waals surface area contributed by atoms with Crippen LogP contribution in [0.15, 0.2) is 0 Å². The lowest BCUT2D eigenvalue weighted by Crippen LogP contribution is -2.56. The van der Waals surface area contributed by atoms with E-state index in [2.05, 4.69) is 4.72 Å². The van der Waals surface area contributed by atoms with Crippen LogP contribution in [0.25, 0.3) is 0 Å². The van der Waals surface area contributed by atoms with Crippen molar-refractivity contribution in [1.82, 2.24) is 9.03 Å². The van der Waals surface area contributed by atoms with Gasteiger partial charge in [0.2, 0.25) is 0 Å². The molecule has 1 aliphatic carbocycles. The van der Waals surface area contributed by atoms with Crippen molar-refractivity contribution < 1.29 is 13.5 Å². The van der Waals surface area contributed by atoms with E-state index in [9.17, 15) is 13.5 Å². The van der Waals surface area contributed by atoms with Gasteiger partial charge in [0.15, 0.2) is 0 Å². The number of hydrogen-bond donors (Lipinski definition) is 2. The van der Waals surface area contributed by atoms with Gasteiger partial charge in [-0.2, -0.15) is 17.4 Å². The zero-order valence-electron chi connectivity index (χ0n) is 10.2. The lowest BCUT2D eigenvalue weighted by atomic mass is 9.83. The molecule has 1 saturated heterocycles. The fraction of sp³-hybridized carbons (Fsp3) is 1.00. The maximum absolute atomic E-state index is 12.2. The second-order valence-electron chi connectivity index (χ2n) is 5.21. The van der Waals surface area contributed by atoms with E-state index in [4.69, 9.17) is 0 Å². The summed E-state index contributed by atoms with van der Waals surface area (Å²) in [7, 11) is -3.41. The molecule has 0 aromatic carbocycles. The first-order chi connectivity index (χ1) is 8.08. The molecule has 1 saturated carbocycles. The smallest absolute Gasteiger partial charge is 0.280 e. The van der Waals surface area contributed by atoms with Gasteiger partial charge in [-0.05, 0) is 25.7 Å². The average Bonchev–Trinajstić information content (AvgIpc) is 2.84. The van der Waals surface area contributed by atoms with Crippen LogP contribution in [0.4, 0.5) is 0 Å². The van der Waals surface area contributed by atoms with Crippen LogP contribution in [0.2, 0.25) is 0 Å². The molecule has 2 N–H and O–H groups in total. The number of aliphatic hydroxyl groups is 1. The maximum Gasteiger partial charge on any atom is 0.280 e. The minimum Gasteiger partial charge on any atom is -0.394 e. The van der Waals surface area contributed by atoms with E-state index in [-0.39, 0.29) is 6.61 Å². The van der Waals surface area contributed by atoms with Gasteiger partial charge < -0.3 is 5.11 Å². The van der Waals surface area contributed by atoms with Gasteiger partial charge in [-0.25, -0.2) is 0 Å². The molecule has 1 aliphatic heterocycles. The number of rotatable bonds is 4. The van der Waals surface area contributed by atoms with Crippen LogP contribution in [-0.2, 0) is 10.2 Å². The summed E-state index contributed by atoms with van der Waals surface area (Å²) in [4.78, 5) is 0. The van der Waals surface area contributed by atoms with Crippen molar-refractivity contribution in [2.75, 3.05) is 19.7 Å². The van der Waals surface area contributed by atoms with Crippen molar-refractivity contribution in [2.45, 2.75) is 50.5 Å². The minimum atomic E-state index is -3.41. The summed E-state index contributed by atoms with van der Waals surface area (Å²) < 4.78 is 28.6. The largest absolute Gasteiger partial charge is 0.394 e. The van der Waals surface area contributed by atoms with Crippen LogP contribution in [-0.4, -0.2) is 43.1 Å². The summed E-state index contributed by atoms with van der Waals surface area (Å²) in [5.41, 5.74) is -0.611. The Morgan fingerprint density at radius 3 is 2.18 bits per heavy atom. The summed E-state index contributed by atoms with van der Waals surface area (Å²) >= 11 is 0. The molecule has 5 nitrogen and oxygen atoms in total. The van der Waals surface area contributed by atoms with Gasteiger partial charge in [0.1, 0.15) is 0 Å². The highest BCUT2D eigenvalue weighted by Crippen LogP contribution is 2.29. The van der Waals surface area contributed by atoms with E-state index in [1.165, 1.54) is 4.31 Å². The normalized spacial score (nSPS) is 26.2. The molecule has 0 unspecified atom stereocenters. The van der Waals surface area contributed by atoms with Gasteiger partial charge in [0.05, 0.1) is 12.1 Å². The third kappa shape index (κ3) is 2.99. The van der Waals surface area contributed by atoms with Gasteiger partial charge in [-0.15, -0.1) is 0 Å². The van der Waals surface area contributed by atoms with Crippen LogP contribution in [0.3, 0.4) is 0 Å². The van der Waals surface area contributed by atoms with Gasteiger partial charge in [-0.1, -0.05) is 19.3 Å². The van der Waals surface area contributed by atoms with Crippen molar-refractivity contribution in [3.8, 4) is 0 Å². The molecule has 0 spiro atoms. The van der Waals surface area contributed by atoms with Gasteiger partial charge in [0, 0.05) is 13.1 Å². The molecule has 2 aliphatic rings. The maximum atomic E-state index is 12.2. The molecule has 0 radical (unpaired) electrons. The fourth-order valence-electron chi connectivity index (χ4n) is 2.79. The Kier molecular flexibility index (Phi) is 4.07. The number of nitrogens with zero attached hydrogens (tertiary/aromatic N) is 1. The Bertz CT molecular complexity index is 344. The number of hydrogen-bond acceptors (Lipinski definition) is 3. The first-order valence-corrected chi connectivity index (χ1v) is 7.92. The quantitative estimate of drug-likeness (QED) is 0.780. The molecule has 2 fully saturated rings. The Labute approximate surface area is 103 Å². The lowest BCUT2D eigenvalue weighted by Gasteiger charge is -2.37. The average molecular weight is 262 g/mol. The third-order valence-electron chi connectivity index (χ3n) is 3.86. The second kappa shape index (κ2) is 5.22. The predicted octanol–water partition coefficient (Wildman–Crippen LogP) is 0.612. The monoisotopic (exact) mass is 262 g/mol. The van der Waals surface area contributed by atoms with E-state index in [1.807, 2.05) is 0 Å². The molecular weight excluding hydrogens is 240 g/mol. The van der Waals surface area contributed by atoms with Gasteiger partial charge in [-0.3, -0.25) is 0 Å². The first kappa shape index (κ1) is 13.3. The molecule has 100 valence electrons. The highest BCUT2D eigenvalue weighted by molar-refractivity contribution is 7.87. The summed E-state index contributed by atoms with van der Waals surface area (Å²) in [5.74, 6) is 0. The minimum absolute atomic E-state index is 0.0972. The van der Waals surface area contributed by atoms with Crippen molar-refractivity contribution >= 4 is 10.2 Å². The van der Waals surface area contributed by atoms with E-state index >= 15 is 0 Å². The molecule has 2 rings (SSSR count).